The van der Waals surface area contributed by atoms with E-state index in [0.29, 0.717) is 0 Å². The van der Waals surface area contributed by atoms with Gasteiger partial charge in [-0.1, -0.05) is 0 Å². The largest absolute Gasteiger partial charge is 0.522 e. The fraction of sp³-hybridized carbons (Fsp3) is 1.00. The summed E-state index contributed by atoms with van der Waals surface area (Å²) in [6, 6.07) is 0. The quantitative estimate of drug-likeness (QED) is 0.575. The van der Waals surface area contributed by atoms with E-state index < -0.39 is 19.1 Å². The number of halogens is 4. The highest BCUT2D eigenvalue weighted by atomic mass is 19.4. The first-order chi connectivity index (χ1) is 4.42. The molecule has 0 rings (SSSR count). The third kappa shape index (κ3) is 7.68. The molecule has 10 heavy (non-hydrogen) atoms. The van der Waals surface area contributed by atoms with Crippen LogP contribution in [0, 0.1) is 0 Å². The van der Waals surface area contributed by atoms with Gasteiger partial charge >= 0.3 is 6.36 Å². The van der Waals surface area contributed by atoms with Gasteiger partial charge in [0, 0.05) is 6.42 Å². The highest BCUT2D eigenvalue weighted by Crippen LogP contribution is 2.16. The summed E-state index contributed by atoms with van der Waals surface area (Å²) in [6.07, 6.45) is -6.10. The lowest BCUT2D eigenvalue weighted by atomic mass is 10.3. The SMILES string of the molecule is CC(F)CCOC(F)(F)F. The summed E-state index contributed by atoms with van der Waals surface area (Å²) in [4.78, 5) is 0. The third-order valence-electron chi connectivity index (χ3n) is 0.781. The van der Waals surface area contributed by atoms with Gasteiger partial charge in [-0.15, -0.1) is 13.2 Å². The zero-order valence-corrected chi connectivity index (χ0v) is 5.41. The van der Waals surface area contributed by atoms with Crippen molar-refractivity contribution in [2.45, 2.75) is 25.9 Å². The van der Waals surface area contributed by atoms with E-state index in [2.05, 4.69) is 4.74 Å². The maximum Gasteiger partial charge on any atom is 0.522 e. The average molecular weight is 160 g/mol. The smallest absolute Gasteiger partial charge is 0.292 e. The molecule has 0 aromatic rings. The first-order valence-corrected chi connectivity index (χ1v) is 2.76. The summed E-state index contributed by atoms with van der Waals surface area (Å²) >= 11 is 0. The molecule has 0 N–H and O–H groups in total. The van der Waals surface area contributed by atoms with Gasteiger partial charge in [-0.2, -0.15) is 0 Å². The predicted octanol–water partition coefficient (Wildman–Crippen LogP) is 2.27. The van der Waals surface area contributed by atoms with E-state index in [9.17, 15) is 17.6 Å². The predicted molar refractivity (Wildman–Crippen MR) is 27.2 cm³/mol. The lowest BCUT2D eigenvalue weighted by Gasteiger charge is -2.06. The molecule has 0 aromatic heterocycles. The maximum absolute atomic E-state index is 11.8. The van der Waals surface area contributed by atoms with E-state index >= 15 is 0 Å². The van der Waals surface area contributed by atoms with Crippen LogP contribution in [0.2, 0.25) is 0 Å². The molecule has 0 aromatic carbocycles. The van der Waals surface area contributed by atoms with Crippen LogP contribution in [-0.4, -0.2) is 19.1 Å². The molecule has 0 aliphatic heterocycles. The minimum absolute atomic E-state index is 0.223. The molecule has 0 amide bonds. The number of rotatable bonds is 3. The van der Waals surface area contributed by atoms with Crippen LogP contribution in [0.15, 0.2) is 0 Å². The van der Waals surface area contributed by atoms with Gasteiger partial charge in [0.25, 0.3) is 0 Å². The summed E-state index contributed by atoms with van der Waals surface area (Å²) < 4.78 is 48.6. The topological polar surface area (TPSA) is 9.23 Å². The van der Waals surface area contributed by atoms with E-state index in [1.165, 1.54) is 6.92 Å². The monoisotopic (exact) mass is 160 g/mol. The second-order valence-corrected chi connectivity index (χ2v) is 1.86. The van der Waals surface area contributed by atoms with Crippen molar-refractivity contribution in [1.29, 1.82) is 0 Å². The Labute approximate surface area is 56.0 Å². The second kappa shape index (κ2) is 3.75. The molecule has 1 nitrogen and oxygen atoms in total. The summed E-state index contributed by atoms with van der Waals surface area (Å²) in [7, 11) is 0. The maximum atomic E-state index is 11.8. The lowest BCUT2D eigenvalue weighted by Crippen LogP contribution is -2.15. The van der Waals surface area contributed by atoms with Gasteiger partial charge in [0.15, 0.2) is 0 Å². The number of ether oxygens (including phenoxy) is 1. The van der Waals surface area contributed by atoms with Crippen molar-refractivity contribution >= 4 is 0 Å². The van der Waals surface area contributed by atoms with E-state index in [0.717, 1.165) is 0 Å². The Hall–Kier alpha value is -0.320. The van der Waals surface area contributed by atoms with Crippen molar-refractivity contribution in [3.63, 3.8) is 0 Å². The van der Waals surface area contributed by atoms with Crippen LogP contribution in [0.1, 0.15) is 13.3 Å². The minimum Gasteiger partial charge on any atom is -0.292 e. The molecule has 1 atom stereocenters. The summed E-state index contributed by atoms with van der Waals surface area (Å²) in [6.45, 7) is 0.570. The highest BCUT2D eigenvalue weighted by molar-refractivity contribution is 4.45. The first-order valence-electron chi connectivity index (χ1n) is 2.76. The summed E-state index contributed by atoms with van der Waals surface area (Å²) in [5.41, 5.74) is 0. The van der Waals surface area contributed by atoms with Gasteiger partial charge in [0.05, 0.1) is 12.8 Å². The Morgan fingerprint density at radius 1 is 1.40 bits per heavy atom. The van der Waals surface area contributed by atoms with Gasteiger partial charge in [-0.25, -0.2) is 4.39 Å². The molecule has 0 aliphatic carbocycles. The van der Waals surface area contributed by atoms with Crippen LogP contribution in [0.5, 0.6) is 0 Å². The van der Waals surface area contributed by atoms with Crippen molar-refractivity contribution in [3.05, 3.63) is 0 Å². The minimum atomic E-state index is -4.63. The molecule has 0 heterocycles. The van der Waals surface area contributed by atoms with Gasteiger partial charge < -0.3 is 0 Å². The summed E-state index contributed by atoms with van der Waals surface area (Å²) in [5.74, 6) is 0. The number of hydrogen-bond acceptors (Lipinski definition) is 1. The second-order valence-electron chi connectivity index (χ2n) is 1.86. The molecular formula is C5H8F4O. The molecule has 1 unspecified atom stereocenters. The molecule has 0 spiro atoms. The Bertz CT molecular complexity index is 88.1. The van der Waals surface area contributed by atoms with E-state index in [4.69, 9.17) is 0 Å². The van der Waals surface area contributed by atoms with Gasteiger partial charge in [-0.3, -0.25) is 4.74 Å². The molecule has 0 radical (unpaired) electrons. The van der Waals surface area contributed by atoms with Crippen molar-refractivity contribution in [2.24, 2.45) is 0 Å². The van der Waals surface area contributed by atoms with Gasteiger partial charge in [0.1, 0.15) is 0 Å². The van der Waals surface area contributed by atoms with E-state index in [1.807, 2.05) is 0 Å². The fourth-order valence-corrected chi connectivity index (χ4v) is 0.337. The Kier molecular flexibility index (Phi) is 3.63. The third-order valence-corrected chi connectivity index (χ3v) is 0.781. The van der Waals surface area contributed by atoms with Crippen LogP contribution in [0.4, 0.5) is 17.6 Å². The molecule has 0 fully saturated rings. The average Bonchev–Trinajstić information content (AvgIpc) is 1.59. The lowest BCUT2D eigenvalue weighted by molar-refractivity contribution is -0.325. The number of alkyl halides is 4. The fourth-order valence-electron chi connectivity index (χ4n) is 0.337. The molecular weight excluding hydrogens is 152 g/mol. The Balaban J connectivity index is 3.21. The van der Waals surface area contributed by atoms with Crippen LogP contribution in [0.25, 0.3) is 0 Å². The first kappa shape index (κ1) is 9.68. The molecule has 0 saturated heterocycles. The zero-order valence-electron chi connectivity index (χ0n) is 5.41. The van der Waals surface area contributed by atoms with Crippen LogP contribution in [0.3, 0.4) is 0 Å². The highest BCUT2D eigenvalue weighted by Gasteiger charge is 2.28. The van der Waals surface area contributed by atoms with Crippen molar-refractivity contribution in [2.75, 3.05) is 6.61 Å². The van der Waals surface area contributed by atoms with Gasteiger partial charge in [-0.05, 0) is 6.92 Å². The van der Waals surface area contributed by atoms with Crippen LogP contribution >= 0.6 is 0 Å². The molecule has 62 valence electrons. The van der Waals surface area contributed by atoms with Crippen molar-refractivity contribution < 1.29 is 22.3 Å². The van der Waals surface area contributed by atoms with E-state index in [1.54, 1.807) is 0 Å². The Morgan fingerprint density at radius 2 is 1.90 bits per heavy atom. The van der Waals surface area contributed by atoms with Crippen molar-refractivity contribution in [1.82, 2.24) is 0 Å². The zero-order chi connectivity index (χ0) is 8.20. The molecule has 0 bridgehead atoms. The number of hydrogen-bond donors (Lipinski definition) is 0. The van der Waals surface area contributed by atoms with Crippen molar-refractivity contribution in [3.8, 4) is 0 Å². The van der Waals surface area contributed by atoms with Gasteiger partial charge in [0.2, 0.25) is 0 Å². The van der Waals surface area contributed by atoms with E-state index in [-0.39, 0.29) is 6.42 Å². The normalized spacial score (nSPS) is 15.3. The molecule has 0 aliphatic rings. The summed E-state index contributed by atoms with van der Waals surface area (Å²) in [5, 5.41) is 0. The standard InChI is InChI=1S/C5H8F4O/c1-4(6)2-3-10-5(7,8)9/h4H,2-3H2,1H3. The molecule has 0 saturated carbocycles. The van der Waals surface area contributed by atoms with Crippen LogP contribution in [-0.2, 0) is 4.74 Å². The van der Waals surface area contributed by atoms with Crippen LogP contribution < -0.4 is 0 Å². The molecule has 5 heteroatoms. The Morgan fingerprint density at radius 3 is 2.20 bits per heavy atom.